The number of halogens is 1. The van der Waals surface area contributed by atoms with Crippen molar-refractivity contribution in [2.45, 2.75) is 20.4 Å². The Balaban J connectivity index is 2.45. The maximum atomic E-state index is 6.16. The fourth-order valence-corrected chi connectivity index (χ4v) is 1.91. The summed E-state index contributed by atoms with van der Waals surface area (Å²) in [5, 5.41) is 8.69. The van der Waals surface area contributed by atoms with Gasteiger partial charge in [0.05, 0.1) is 5.02 Å². The number of nitrogens with zero attached hydrogens (tertiary/aromatic N) is 3. The first-order valence-electron chi connectivity index (χ1n) is 5.51. The third kappa shape index (κ3) is 2.58. The van der Waals surface area contributed by atoms with Crippen molar-refractivity contribution < 1.29 is 0 Å². The molecule has 5 heteroatoms. The van der Waals surface area contributed by atoms with Crippen LogP contribution in [0.5, 0.6) is 0 Å². The fourth-order valence-electron chi connectivity index (χ4n) is 1.70. The minimum atomic E-state index is 0.518. The second-order valence-corrected chi connectivity index (χ2v) is 4.85. The Hall–Kier alpha value is -1.55. The van der Waals surface area contributed by atoms with E-state index in [1.165, 1.54) is 0 Å². The molecular formula is C12H15ClN4. The largest absolute Gasteiger partial charge is 0.399 e. The van der Waals surface area contributed by atoms with Crippen LogP contribution in [0.3, 0.4) is 0 Å². The number of aromatic nitrogens is 3. The van der Waals surface area contributed by atoms with Gasteiger partial charge in [0, 0.05) is 17.8 Å². The molecule has 2 aromatic rings. The second-order valence-electron chi connectivity index (χ2n) is 4.44. The lowest BCUT2D eigenvalue weighted by atomic mass is 10.1. The highest BCUT2D eigenvalue weighted by atomic mass is 35.5. The van der Waals surface area contributed by atoms with Gasteiger partial charge in [0.1, 0.15) is 6.33 Å². The minimum absolute atomic E-state index is 0.518. The molecule has 0 amide bonds. The summed E-state index contributed by atoms with van der Waals surface area (Å²) in [6.07, 6.45) is 1.72. The lowest BCUT2D eigenvalue weighted by Gasteiger charge is -2.10. The van der Waals surface area contributed by atoms with Crippen LogP contribution >= 0.6 is 11.6 Å². The van der Waals surface area contributed by atoms with E-state index in [9.17, 15) is 0 Å². The maximum absolute atomic E-state index is 6.16. The van der Waals surface area contributed by atoms with Gasteiger partial charge in [-0.2, -0.15) is 0 Å². The lowest BCUT2D eigenvalue weighted by Crippen LogP contribution is -2.05. The molecule has 0 aliphatic carbocycles. The van der Waals surface area contributed by atoms with E-state index in [0.717, 1.165) is 17.9 Å². The summed E-state index contributed by atoms with van der Waals surface area (Å²) in [5.74, 6) is 1.28. The summed E-state index contributed by atoms with van der Waals surface area (Å²) in [5.41, 5.74) is 7.26. The van der Waals surface area contributed by atoms with Crippen LogP contribution in [0.15, 0.2) is 24.5 Å². The summed E-state index contributed by atoms with van der Waals surface area (Å²) in [4.78, 5) is 0. The van der Waals surface area contributed by atoms with Gasteiger partial charge < -0.3 is 10.3 Å². The van der Waals surface area contributed by atoms with E-state index >= 15 is 0 Å². The van der Waals surface area contributed by atoms with Crippen molar-refractivity contribution in [1.29, 1.82) is 0 Å². The van der Waals surface area contributed by atoms with Crippen LogP contribution in [-0.4, -0.2) is 14.8 Å². The average Bonchev–Trinajstić information content (AvgIpc) is 2.69. The SMILES string of the molecule is CC(C)Cn1cnnc1-c1cc(N)ccc1Cl. The van der Waals surface area contributed by atoms with Crippen molar-refractivity contribution in [3.63, 3.8) is 0 Å². The van der Waals surface area contributed by atoms with Gasteiger partial charge in [-0.25, -0.2) is 0 Å². The molecule has 0 bridgehead atoms. The molecule has 1 heterocycles. The first kappa shape index (κ1) is 11.9. The summed E-state index contributed by atoms with van der Waals surface area (Å²) < 4.78 is 1.99. The van der Waals surface area contributed by atoms with Gasteiger partial charge in [0.25, 0.3) is 0 Å². The highest BCUT2D eigenvalue weighted by Crippen LogP contribution is 2.28. The zero-order chi connectivity index (χ0) is 12.4. The number of hydrogen-bond donors (Lipinski definition) is 1. The summed E-state index contributed by atoms with van der Waals surface area (Å²) in [6.45, 7) is 5.14. The zero-order valence-electron chi connectivity index (χ0n) is 9.89. The number of nitrogens with two attached hydrogens (primary N) is 1. The summed E-state index contributed by atoms with van der Waals surface area (Å²) in [6, 6.07) is 5.37. The predicted molar refractivity (Wildman–Crippen MR) is 69.7 cm³/mol. The van der Waals surface area contributed by atoms with Crippen LogP contribution in [-0.2, 0) is 6.54 Å². The Morgan fingerprint density at radius 2 is 2.18 bits per heavy atom. The summed E-state index contributed by atoms with van der Waals surface area (Å²) in [7, 11) is 0. The van der Waals surface area contributed by atoms with E-state index in [4.69, 9.17) is 17.3 Å². The minimum Gasteiger partial charge on any atom is -0.399 e. The first-order chi connectivity index (χ1) is 8.08. The Labute approximate surface area is 105 Å². The molecule has 0 atom stereocenters. The van der Waals surface area contributed by atoms with E-state index in [0.29, 0.717) is 16.6 Å². The topological polar surface area (TPSA) is 56.7 Å². The molecular weight excluding hydrogens is 236 g/mol. The van der Waals surface area contributed by atoms with E-state index < -0.39 is 0 Å². The Bertz CT molecular complexity index is 519. The van der Waals surface area contributed by atoms with Crippen LogP contribution in [0.25, 0.3) is 11.4 Å². The fraction of sp³-hybridized carbons (Fsp3) is 0.333. The van der Waals surface area contributed by atoms with Crippen molar-refractivity contribution in [3.05, 3.63) is 29.5 Å². The molecule has 0 unspecified atom stereocenters. The van der Waals surface area contributed by atoms with Gasteiger partial charge in [-0.3, -0.25) is 0 Å². The van der Waals surface area contributed by atoms with Crippen molar-refractivity contribution in [3.8, 4) is 11.4 Å². The number of benzene rings is 1. The standard InChI is InChI=1S/C12H15ClN4/c1-8(2)6-17-7-15-16-12(17)10-5-9(14)3-4-11(10)13/h3-5,7-8H,6,14H2,1-2H3. The van der Waals surface area contributed by atoms with Crippen LogP contribution < -0.4 is 5.73 Å². The Morgan fingerprint density at radius 1 is 1.41 bits per heavy atom. The van der Waals surface area contributed by atoms with E-state index in [2.05, 4.69) is 24.0 Å². The average molecular weight is 251 g/mol. The van der Waals surface area contributed by atoms with Gasteiger partial charge in [0.2, 0.25) is 0 Å². The molecule has 0 radical (unpaired) electrons. The normalized spacial score (nSPS) is 11.1. The third-order valence-electron chi connectivity index (χ3n) is 2.41. The summed E-state index contributed by atoms with van der Waals surface area (Å²) >= 11 is 6.16. The molecule has 0 saturated carbocycles. The zero-order valence-corrected chi connectivity index (χ0v) is 10.6. The number of anilines is 1. The molecule has 0 saturated heterocycles. The lowest BCUT2D eigenvalue weighted by molar-refractivity contribution is 0.525. The molecule has 0 aliphatic heterocycles. The van der Waals surface area contributed by atoms with Crippen LogP contribution in [0.4, 0.5) is 5.69 Å². The monoisotopic (exact) mass is 250 g/mol. The molecule has 90 valence electrons. The number of rotatable bonds is 3. The van der Waals surface area contributed by atoms with Crippen LogP contribution in [0.1, 0.15) is 13.8 Å². The molecule has 4 nitrogen and oxygen atoms in total. The maximum Gasteiger partial charge on any atom is 0.165 e. The third-order valence-corrected chi connectivity index (χ3v) is 2.74. The van der Waals surface area contributed by atoms with Crippen molar-refractivity contribution in [2.24, 2.45) is 5.92 Å². The van der Waals surface area contributed by atoms with Crippen molar-refractivity contribution in [2.75, 3.05) is 5.73 Å². The van der Waals surface area contributed by atoms with E-state index in [1.807, 2.05) is 10.6 Å². The molecule has 2 N–H and O–H groups in total. The highest BCUT2D eigenvalue weighted by molar-refractivity contribution is 6.33. The number of nitrogen functional groups attached to an aromatic ring is 1. The van der Waals surface area contributed by atoms with Gasteiger partial charge in [-0.05, 0) is 24.1 Å². The van der Waals surface area contributed by atoms with Gasteiger partial charge in [-0.1, -0.05) is 25.4 Å². The first-order valence-corrected chi connectivity index (χ1v) is 5.89. The Morgan fingerprint density at radius 3 is 2.88 bits per heavy atom. The predicted octanol–water partition coefficient (Wildman–Crippen LogP) is 2.84. The van der Waals surface area contributed by atoms with Gasteiger partial charge in [0.15, 0.2) is 5.82 Å². The van der Waals surface area contributed by atoms with Crippen LogP contribution in [0, 0.1) is 5.92 Å². The highest BCUT2D eigenvalue weighted by Gasteiger charge is 2.12. The van der Waals surface area contributed by atoms with Gasteiger partial charge >= 0.3 is 0 Å². The molecule has 0 spiro atoms. The number of hydrogen-bond acceptors (Lipinski definition) is 3. The molecule has 1 aromatic carbocycles. The van der Waals surface area contributed by atoms with Crippen LogP contribution in [0.2, 0.25) is 5.02 Å². The molecule has 17 heavy (non-hydrogen) atoms. The quantitative estimate of drug-likeness (QED) is 0.853. The van der Waals surface area contributed by atoms with E-state index in [1.54, 1.807) is 18.5 Å². The molecule has 0 aliphatic rings. The molecule has 0 fully saturated rings. The van der Waals surface area contributed by atoms with Crippen molar-refractivity contribution in [1.82, 2.24) is 14.8 Å². The Kier molecular flexibility index (Phi) is 3.33. The van der Waals surface area contributed by atoms with Crippen molar-refractivity contribution >= 4 is 17.3 Å². The molecule has 2 rings (SSSR count). The smallest absolute Gasteiger partial charge is 0.165 e. The second kappa shape index (κ2) is 4.75. The van der Waals surface area contributed by atoms with E-state index in [-0.39, 0.29) is 0 Å². The molecule has 1 aromatic heterocycles. The van der Waals surface area contributed by atoms with Gasteiger partial charge in [-0.15, -0.1) is 10.2 Å².